The van der Waals surface area contributed by atoms with E-state index in [0.29, 0.717) is 42.0 Å². The highest BCUT2D eigenvalue weighted by Gasteiger charge is 2.38. The highest BCUT2D eigenvalue weighted by molar-refractivity contribution is 6.33. The van der Waals surface area contributed by atoms with Crippen LogP contribution in [0.1, 0.15) is 24.8 Å². The van der Waals surface area contributed by atoms with Gasteiger partial charge in [0.15, 0.2) is 11.5 Å². The summed E-state index contributed by atoms with van der Waals surface area (Å²) in [5, 5.41) is 6.68. The molecule has 2 N–H and O–H groups in total. The predicted molar refractivity (Wildman–Crippen MR) is 106 cm³/mol. The normalized spacial score (nSPS) is 16.9. The summed E-state index contributed by atoms with van der Waals surface area (Å²) >= 11 is 6.28. The molecule has 142 valence electrons. The number of anilines is 1. The van der Waals surface area contributed by atoms with Gasteiger partial charge in [0.1, 0.15) is 13.2 Å². The molecule has 5 nitrogen and oxygen atoms in total. The van der Waals surface area contributed by atoms with Crippen molar-refractivity contribution in [2.75, 3.05) is 31.6 Å². The van der Waals surface area contributed by atoms with E-state index in [1.807, 2.05) is 6.07 Å². The second-order valence-electron chi connectivity index (χ2n) is 7.11. The van der Waals surface area contributed by atoms with E-state index in [1.165, 1.54) is 12.0 Å². The monoisotopic (exact) mass is 386 g/mol. The molecule has 1 aliphatic heterocycles. The van der Waals surface area contributed by atoms with Crippen LogP contribution in [0.3, 0.4) is 0 Å². The molecule has 2 aliphatic rings. The fourth-order valence-corrected chi connectivity index (χ4v) is 3.89. The number of fused-ring (bicyclic) bond motifs is 1. The van der Waals surface area contributed by atoms with Crippen molar-refractivity contribution in [2.24, 2.45) is 0 Å². The predicted octanol–water partition coefficient (Wildman–Crippen LogP) is 3.76. The van der Waals surface area contributed by atoms with Gasteiger partial charge in [-0.15, -0.1) is 0 Å². The molecule has 1 aliphatic carbocycles. The zero-order valence-electron chi connectivity index (χ0n) is 15.1. The van der Waals surface area contributed by atoms with Crippen LogP contribution in [0.4, 0.5) is 5.69 Å². The molecule has 0 aromatic heterocycles. The van der Waals surface area contributed by atoms with E-state index in [4.69, 9.17) is 21.1 Å². The lowest BCUT2D eigenvalue weighted by atomic mass is 9.64. The second kappa shape index (κ2) is 7.69. The van der Waals surface area contributed by atoms with E-state index in [2.05, 4.69) is 34.9 Å². The molecule has 1 fully saturated rings. The first-order valence-corrected chi connectivity index (χ1v) is 9.69. The molecule has 0 spiro atoms. The Kier molecular flexibility index (Phi) is 5.12. The van der Waals surface area contributed by atoms with Gasteiger partial charge in [0.05, 0.1) is 17.3 Å². The summed E-state index contributed by atoms with van der Waals surface area (Å²) in [5.41, 5.74) is 2.04. The zero-order chi connectivity index (χ0) is 18.7. The van der Waals surface area contributed by atoms with Gasteiger partial charge < -0.3 is 20.1 Å². The standard InChI is InChI=1S/C21H23ClN2O3/c22-16-11-18-19(27-10-9-26-18)12-17(16)23-13-20(25)24-14-21(7-4-8-21)15-5-2-1-3-6-15/h1-3,5-6,11-12,23H,4,7-10,13-14H2,(H,24,25). The number of ether oxygens (including phenoxy) is 2. The average Bonchev–Trinajstić information content (AvgIpc) is 2.66. The first-order chi connectivity index (χ1) is 13.2. The Morgan fingerprint density at radius 2 is 1.78 bits per heavy atom. The van der Waals surface area contributed by atoms with Crippen molar-refractivity contribution in [1.82, 2.24) is 5.32 Å². The van der Waals surface area contributed by atoms with Crippen molar-refractivity contribution in [3.05, 3.63) is 53.1 Å². The Bertz CT molecular complexity index is 822. The number of carbonyl (C=O) groups is 1. The number of amides is 1. The fraction of sp³-hybridized carbons (Fsp3) is 0.381. The zero-order valence-corrected chi connectivity index (χ0v) is 15.8. The van der Waals surface area contributed by atoms with Crippen LogP contribution in [0, 0.1) is 0 Å². The minimum atomic E-state index is -0.0526. The van der Waals surface area contributed by atoms with Crippen LogP contribution in [0.2, 0.25) is 5.02 Å². The highest BCUT2D eigenvalue weighted by atomic mass is 35.5. The van der Waals surface area contributed by atoms with E-state index >= 15 is 0 Å². The van der Waals surface area contributed by atoms with Crippen LogP contribution < -0.4 is 20.1 Å². The SMILES string of the molecule is O=C(CNc1cc2c(cc1Cl)OCCO2)NCC1(c2ccccc2)CCC1. The molecule has 1 saturated carbocycles. The van der Waals surface area contributed by atoms with Gasteiger partial charge >= 0.3 is 0 Å². The minimum absolute atomic E-state index is 0.0526. The van der Waals surface area contributed by atoms with Gasteiger partial charge in [0.25, 0.3) is 0 Å². The Balaban J connectivity index is 1.34. The largest absolute Gasteiger partial charge is 0.486 e. The lowest BCUT2D eigenvalue weighted by Crippen LogP contribution is -2.46. The van der Waals surface area contributed by atoms with Crippen molar-refractivity contribution in [1.29, 1.82) is 0 Å². The number of carbonyl (C=O) groups excluding carboxylic acids is 1. The summed E-state index contributed by atoms with van der Waals surface area (Å²) in [6.45, 7) is 1.84. The van der Waals surface area contributed by atoms with Gasteiger partial charge in [-0.3, -0.25) is 4.79 Å². The van der Waals surface area contributed by atoms with Gasteiger partial charge in [-0.05, 0) is 18.4 Å². The molecule has 27 heavy (non-hydrogen) atoms. The molecule has 0 saturated heterocycles. The van der Waals surface area contributed by atoms with E-state index in [9.17, 15) is 4.79 Å². The molecule has 1 heterocycles. The van der Waals surface area contributed by atoms with Gasteiger partial charge in [-0.2, -0.15) is 0 Å². The van der Waals surface area contributed by atoms with Crippen LogP contribution in [0.5, 0.6) is 11.5 Å². The Morgan fingerprint density at radius 3 is 2.44 bits per heavy atom. The topological polar surface area (TPSA) is 59.6 Å². The van der Waals surface area contributed by atoms with Crippen LogP contribution >= 0.6 is 11.6 Å². The number of hydrogen-bond donors (Lipinski definition) is 2. The summed E-state index contributed by atoms with van der Waals surface area (Å²) in [6.07, 6.45) is 3.42. The van der Waals surface area contributed by atoms with Gasteiger partial charge in [-0.25, -0.2) is 0 Å². The Morgan fingerprint density at radius 1 is 1.07 bits per heavy atom. The number of benzene rings is 2. The number of halogens is 1. The molecule has 2 aromatic carbocycles. The van der Waals surface area contributed by atoms with Crippen molar-refractivity contribution in [3.63, 3.8) is 0 Å². The fourth-order valence-electron chi connectivity index (χ4n) is 3.67. The second-order valence-corrected chi connectivity index (χ2v) is 7.51. The molecule has 0 radical (unpaired) electrons. The molecule has 1 amide bonds. The molecule has 0 atom stereocenters. The van der Waals surface area contributed by atoms with Crippen molar-refractivity contribution >= 4 is 23.2 Å². The summed E-state index contributed by atoms with van der Waals surface area (Å²) in [7, 11) is 0. The molecule has 2 aromatic rings. The quantitative estimate of drug-likeness (QED) is 0.793. The van der Waals surface area contributed by atoms with Gasteiger partial charge in [0.2, 0.25) is 5.91 Å². The van der Waals surface area contributed by atoms with Gasteiger partial charge in [0, 0.05) is 24.1 Å². The Labute approximate surface area is 164 Å². The molecular formula is C21H23ClN2O3. The number of hydrogen-bond acceptors (Lipinski definition) is 4. The number of nitrogens with one attached hydrogen (secondary N) is 2. The summed E-state index contributed by atoms with van der Waals surface area (Å²) in [4.78, 5) is 12.4. The lowest BCUT2D eigenvalue weighted by molar-refractivity contribution is -0.119. The first-order valence-electron chi connectivity index (χ1n) is 9.32. The maximum atomic E-state index is 12.4. The third kappa shape index (κ3) is 3.83. The maximum Gasteiger partial charge on any atom is 0.239 e. The molecule has 6 heteroatoms. The first kappa shape index (κ1) is 18.0. The Hall–Kier alpha value is -2.40. The smallest absolute Gasteiger partial charge is 0.239 e. The summed E-state index contributed by atoms with van der Waals surface area (Å²) in [6, 6.07) is 13.9. The minimum Gasteiger partial charge on any atom is -0.486 e. The number of rotatable bonds is 6. The molecule has 0 unspecified atom stereocenters. The maximum absolute atomic E-state index is 12.4. The van der Waals surface area contributed by atoms with E-state index in [-0.39, 0.29) is 17.9 Å². The van der Waals surface area contributed by atoms with Crippen LogP contribution in [-0.2, 0) is 10.2 Å². The third-order valence-corrected chi connectivity index (χ3v) is 5.70. The highest BCUT2D eigenvalue weighted by Crippen LogP contribution is 2.43. The summed E-state index contributed by atoms with van der Waals surface area (Å²) < 4.78 is 11.1. The van der Waals surface area contributed by atoms with Crippen LogP contribution in [0.25, 0.3) is 0 Å². The molecule has 0 bridgehead atoms. The van der Waals surface area contributed by atoms with Crippen LogP contribution in [-0.4, -0.2) is 32.2 Å². The van der Waals surface area contributed by atoms with E-state index < -0.39 is 0 Å². The van der Waals surface area contributed by atoms with Crippen molar-refractivity contribution in [2.45, 2.75) is 24.7 Å². The van der Waals surface area contributed by atoms with Crippen molar-refractivity contribution < 1.29 is 14.3 Å². The molecular weight excluding hydrogens is 364 g/mol. The van der Waals surface area contributed by atoms with Gasteiger partial charge in [-0.1, -0.05) is 48.4 Å². The van der Waals surface area contributed by atoms with E-state index in [1.54, 1.807) is 12.1 Å². The average molecular weight is 387 g/mol. The third-order valence-electron chi connectivity index (χ3n) is 5.39. The summed E-state index contributed by atoms with van der Waals surface area (Å²) in [5.74, 6) is 1.23. The van der Waals surface area contributed by atoms with Crippen molar-refractivity contribution in [3.8, 4) is 11.5 Å². The van der Waals surface area contributed by atoms with E-state index in [0.717, 1.165) is 12.8 Å². The molecule has 4 rings (SSSR count). The lowest BCUT2D eigenvalue weighted by Gasteiger charge is -2.42. The van der Waals surface area contributed by atoms with Crippen LogP contribution in [0.15, 0.2) is 42.5 Å².